The summed E-state index contributed by atoms with van der Waals surface area (Å²) in [4.78, 5) is 16.8. The van der Waals surface area contributed by atoms with E-state index in [1.807, 2.05) is 18.2 Å². The molecule has 0 spiro atoms. The van der Waals surface area contributed by atoms with E-state index < -0.39 is 0 Å². The number of nitrogens with two attached hydrogens (primary N) is 1. The molecule has 1 fully saturated rings. The molecule has 2 heterocycles. The minimum Gasteiger partial charge on any atom is -0.351 e. The van der Waals surface area contributed by atoms with E-state index in [-0.39, 0.29) is 6.03 Å². The maximum absolute atomic E-state index is 10.9. The highest BCUT2D eigenvalue weighted by molar-refractivity contribution is 5.72. The Labute approximate surface area is 82.7 Å². The molecule has 2 N–H and O–H groups in total. The summed E-state index contributed by atoms with van der Waals surface area (Å²) in [5, 5.41) is 0. The molecule has 1 aliphatic rings. The summed E-state index contributed by atoms with van der Waals surface area (Å²) < 4.78 is 0. The molecule has 4 nitrogen and oxygen atoms in total. The zero-order chi connectivity index (χ0) is 9.97. The van der Waals surface area contributed by atoms with Gasteiger partial charge in [0.25, 0.3) is 0 Å². The van der Waals surface area contributed by atoms with Crippen LogP contribution in [0.25, 0.3) is 0 Å². The monoisotopic (exact) mass is 191 g/mol. The quantitative estimate of drug-likeness (QED) is 0.718. The topological polar surface area (TPSA) is 59.2 Å². The highest BCUT2D eigenvalue weighted by atomic mass is 16.2. The first-order chi connectivity index (χ1) is 6.77. The first-order valence-electron chi connectivity index (χ1n) is 4.72. The van der Waals surface area contributed by atoms with Crippen molar-refractivity contribution in [1.82, 2.24) is 9.88 Å². The molecule has 0 bridgehead atoms. The van der Waals surface area contributed by atoms with Gasteiger partial charge in [0, 0.05) is 30.9 Å². The van der Waals surface area contributed by atoms with Crippen LogP contribution in [-0.4, -0.2) is 29.0 Å². The van der Waals surface area contributed by atoms with Gasteiger partial charge in [-0.1, -0.05) is 6.07 Å². The van der Waals surface area contributed by atoms with Crippen LogP contribution in [-0.2, 0) is 0 Å². The van der Waals surface area contributed by atoms with Gasteiger partial charge in [0.1, 0.15) is 0 Å². The van der Waals surface area contributed by atoms with E-state index in [0.29, 0.717) is 12.5 Å². The van der Waals surface area contributed by atoms with Crippen LogP contribution in [0.15, 0.2) is 24.4 Å². The summed E-state index contributed by atoms with van der Waals surface area (Å²) in [6, 6.07) is 5.53. The van der Waals surface area contributed by atoms with E-state index in [9.17, 15) is 4.79 Å². The molecule has 1 atom stereocenters. The van der Waals surface area contributed by atoms with Gasteiger partial charge in [-0.3, -0.25) is 4.98 Å². The molecular formula is C10H13N3O. The maximum Gasteiger partial charge on any atom is 0.314 e. The van der Waals surface area contributed by atoms with Gasteiger partial charge in [0.15, 0.2) is 0 Å². The second kappa shape index (κ2) is 3.65. The Hall–Kier alpha value is -1.58. The zero-order valence-electron chi connectivity index (χ0n) is 7.89. The highest BCUT2D eigenvalue weighted by Gasteiger charge is 2.26. The van der Waals surface area contributed by atoms with Gasteiger partial charge in [-0.05, 0) is 18.6 Å². The van der Waals surface area contributed by atoms with Crippen LogP contribution in [0.2, 0.25) is 0 Å². The van der Waals surface area contributed by atoms with Crippen molar-refractivity contribution >= 4 is 6.03 Å². The number of hydrogen-bond acceptors (Lipinski definition) is 2. The molecule has 0 aliphatic carbocycles. The molecule has 1 aromatic heterocycles. The van der Waals surface area contributed by atoms with E-state index >= 15 is 0 Å². The van der Waals surface area contributed by atoms with Crippen LogP contribution >= 0.6 is 0 Å². The average molecular weight is 191 g/mol. The first kappa shape index (κ1) is 8.99. The number of likely N-dealkylation sites (tertiary alicyclic amines) is 1. The summed E-state index contributed by atoms with van der Waals surface area (Å²) in [7, 11) is 0. The standard InChI is InChI=1S/C10H13N3O/c11-10(14)13-6-4-8(7-13)9-3-1-2-5-12-9/h1-3,5,8H,4,6-7H2,(H2,11,14). The predicted molar refractivity (Wildman–Crippen MR) is 52.8 cm³/mol. The number of aromatic nitrogens is 1. The fraction of sp³-hybridized carbons (Fsp3) is 0.400. The molecule has 0 aromatic carbocycles. The minimum atomic E-state index is -0.330. The SMILES string of the molecule is NC(=O)N1CCC(c2ccccn2)C1. The molecular weight excluding hydrogens is 178 g/mol. The van der Waals surface area contributed by atoms with Gasteiger partial charge in [-0.15, -0.1) is 0 Å². The Balaban J connectivity index is 2.06. The Morgan fingerprint density at radius 1 is 1.57 bits per heavy atom. The van der Waals surface area contributed by atoms with Crippen molar-refractivity contribution in [3.8, 4) is 0 Å². The molecule has 74 valence electrons. The van der Waals surface area contributed by atoms with Crippen LogP contribution in [0.3, 0.4) is 0 Å². The second-order valence-corrected chi connectivity index (χ2v) is 3.52. The predicted octanol–water partition coefficient (Wildman–Crippen LogP) is 0.950. The number of rotatable bonds is 1. The minimum absolute atomic E-state index is 0.330. The summed E-state index contributed by atoms with van der Waals surface area (Å²) in [6.45, 7) is 1.45. The van der Waals surface area contributed by atoms with Crippen molar-refractivity contribution in [3.05, 3.63) is 30.1 Å². The Bertz CT molecular complexity index is 325. The van der Waals surface area contributed by atoms with E-state index in [4.69, 9.17) is 5.73 Å². The van der Waals surface area contributed by atoms with Crippen molar-refractivity contribution in [1.29, 1.82) is 0 Å². The lowest BCUT2D eigenvalue weighted by molar-refractivity contribution is 0.218. The van der Waals surface area contributed by atoms with Gasteiger partial charge in [-0.2, -0.15) is 0 Å². The van der Waals surface area contributed by atoms with Crippen molar-refractivity contribution < 1.29 is 4.79 Å². The fourth-order valence-electron chi connectivity index (χ4n) is 1.82. The lowest BCUT2D eigenvalue weighted by Gasteiger charge is -2.12. The first-order valence-corrected chi connectivity index (χ1v) is 4.72. The maximum atomic E-state index is 10.9. The molecule has 1 unspecified atom stereocenters. The molecule has 0 saturated carbocycles. The number of nitrogens with zero attached hydrogens (tertiary/aromatic N) is 2. The third kappa shape index (κ3) is 1.69. The highest BCUT2D eigenvalue weighted by Crippen LogP contribution is 2.24. The molecule has 14 heavy (non-hydrogen) atoms. The van der Waals surface area contributed by atoms with Crippen molar-refractivity contribution in [3.63, 3.8) is 0 Å². The smallest absolute Gasteiger partial charge is 0.314 e. The van der Waals surface area contributed by atoms with Crippen molar-refractivity contribution in [2.24, 2.45) is 5.73 Å². The largest absolute Gasteiger partial charge is 0.351 e. The number of hydrogen-bond donors (Lipinski definition) is 1. The lowest BCUT2D eigenvalue weighted by Crippen LogP contribution is -2.33. The third-order valence-electron chi connectivity index (χ3n) is 2.61. The summed E-state index contributed by atoms with van der Waals surface area (Å²) in [5.74, 6) is 0.351. The van der Waals surface area contributed by atoms with Gasteiger partial charge < -0.3 is 10.6 Å². The third-order valence-corrected chi connectivity index (χ3v) is 2.61. The Kier molecular flexibility index (Phi) is 2.35. The Morgan fingerprint density at radius 3 is 3.00 bits per heavy atom. The number of carbonyl (C=O) groups excluding carboxylic acids is 1. The fourth-order valence-corrected chi connectivity index (χ4v) is 1.82. The van der Waals surface area contributed by atoms with Crippen LogP contribution in [0.5, 0.6) is 0 Å². The average Bonchev–Trinajstić information content (AvgIpc) is 2.68. The van der Waals surface area contributed by atoms with E-state index in [0.717, 1.165) is 18.7 Å². The molecule has 1 aromatic rings. The zero-order valence-corrected chi connectivity index (χ0v) is 7.89. The summed E-state index contributed by atoms with van der Waals surface area (Å²) >= 11 is 0. The number of pyridine rings is 1. The van der Waals surface area contributed by atoms with Crippen molar-refractivity contribution in [2.45, 2.75) is 12.3 Å². The molecule has 2 amide bonds. The molecule has 1 aliphatic heterocycles. The van der Waals surface area contributed by atoms with Crippen LogP contribution < -0.4 is 5.73 Å². The van der Waals surface area contributed by atoms with Crippen LogP contribution in [0.1, 0.15) is 18.0 Å². The van der Waals surface area contributed by atoms with Gasteiger partial charge in [0.2, 0.25) is 0 Å². The molecule has 2 rings (SSSR count). The lowest BCUT2D eigenvalue weighted by atomic mass is 10.0. The van der Waals surface area contributed by atoms with Crippen molar-refractivity contribution in [2.75, 3.05) is 13.1 Å². The number of primary amides is 1. The Morgan fingerprint density at radius 2 is 2.43 bits per heavy atom. The van der Waals surface area contributed by atoms with E-state index in [1.54, 1.807) is 11.1 Å². The summed E-state index contributed by atoms with van der Waals surface area (Å²) in [5.41, 5.74) is 6.26. The molecule has 0 radical (unpaired) electrons. The van der Waals surface area contributed by atoms with Gasteiger partial charge in [0.05, 0.1) is 0 Å². The normalized spacial score (nSPS) is 21.1. The number of carbonyl (C=O) groups is 1. The van der Waals surface area contributed by atoms with Crippen LogP contribution in [0, 0.1) is 0 Å². The van der Waals surface area contributed by atoms with Gasteiger partial charge >= 0.3 is 6.03 Å². The molecule has 1 saturated heterocycles. The van der Waals surface area contributed by atoms with Crippen LogP contribution in [0.4, 0.5) is 4.79 Å². The number of urea groups is 1. The van der Waals surface area contributed by atoms with E-state index in [1.165, 1.54) is 0 Å². The molecule has 4 heteroatoms. The van der Waals surface area contributed by atoms with E-state index in [2.05, 4.69) is 4.98 Å². The summed E-state index contributed by atoms with van der Waals surface area (Å²) in [6.07, 6.45) is 2.74. The second-order valence-electron chi connectivity index (χ2n) is 3.52. The number of amides is 2. The van der Waals surface area contributed by atoms with Gasteiger partial charge in [-0.25, -0.2) is 4.79 Å².